The third kappa shape index (κ3) is 2.92. The van der Waals surface area contributed by atoms with Crippen LogP contribution in [0.1, 0.15) is 53.5 Å². The van der Waals surface area contributed by atoms with E-state index in [2.05, 4.69) is 105 Å². The van der Waals surface area contributed by atoms with Crippen LogP contribution in [0.3, 0.4) is 0 Å². The van der Waals surface area contributed by atoms with Gasteiger partial charge in [-0.25, -0.2) is 4.68 Å². The van der Waals surface area contributed by atoms with Gasteiger partial charge in [0.25, 0.3) is 0 Å². The molecule has 4 heteroatoms. The number of fused-ring (bicyclic) bond motifs is 5. The first-order valence-electron chi connectivity index (χ1n) is 10.2. The maximum Gasteiger partial charge on any atom is 0.123 e. The first-order chi connectivity index (χ1) is 13.2. The molecule has 1 aliphatic heterocycles. The molecule has 0 saturated carbocycles. The highest BCUT2D eigenvalue weighted by molar-refractivity contribution is 5.88. The van der Waals surface area contributed by atoms with Gasteiger partial charge >= 0.3 is 0 Å². The number of para-hydroxylation sites is 1. The largest absolute Gasteiger partial charge is 0.362 e. The first kappa shape index (κ1) is 18.7. The van der Waals surface area contributed by atoms with Crippen molar-refractivity contribution in [2.75, 3.05) is 4.90 Å². The molecule has 2 aromatic carbocycles. The number of nitrogens with zero attached hydrogens (tertiary/aromatic N) is 4. The van der Waals surface area contributed by atoms with E-state index in [1.165, 1.54) is 16.8 Å². The molecule has 146 valence electrons. The van der Waals surface area contributed by atoms with Crippen LogP contribution in [0, 0.1) is 0 Å². The average Bonchev–Trinajstić information content (AvgIpc) is 3.09. The minimum absolute atomic E-state index is 0.0145. The zero-order valence-corrected chi connectivity index (χ0v) is 17.8. The van der Waals surface area contributed by atoms with Crippen LogP contribution < -0.4 is 4.90 Å². The third-order valence-electron chi connectivity index (χ3n) is 5.97. The number of hydrogen-bond acceptors (Lipinski definition) is 3. The lowest BCUT2D eigenvalue weighted by atomic mass is 9.91. The topological polar surface area (TPSA) is 34.0 Å². The molecular weight excluding hydrogens is 344 g/mol. The Kier molecular flexibility index (Phi) is 4.33. The van der Waals surface area contributed by atoms with Crippen molar-refractivity contribution in [1.82, 2.24) is 15.0 Å². The van der Waals surface area contributed by atoms with Gasteiger partial charge in [-0.3, -0.25) is 0 Å². The third-order valence-corrected chi connectivity index (χ3v) is 5.97. The summed E-state index contributed by atoms with van der Waals surface area (Å²) in [5.74, 6) is 0. The molecule has 0 bridgehead atoms. The highest BCUT2D eigenvalue weighted by Gasteiger charge is 2.33. The van der Waals surface area contributed by atoms with Crippen LogP contribution in [0.15, 0.2) is 48.5 Å². The van der Waals surface area contributed by atoms with E-state index >= 15 is 0 Å². The lowest BCUT2D eigenvalue weighted by molar-refractivity contribution is 0.304. The number of rotatable bonds is 2. The highest BCUT2D eigenvalue weighted by atomic mass is 15.5. The van der Waals surface area contributed by atoms with E-state index in [9.17, 15) is 0 Å². The standard InChI is InChI=1S/C24H30N4/c1-7-24(5,6)28-22-18-13-9-8-12-17(18)16-27(23(2,3)4)20-15-11-10-14-19(20)21(22)25-26-28/h8-15H,7,16H2,1-6H3. The maximum absolute atomic E-state index is 4.72. The van der Waals surface area contributed by atoms with E-state index in [1.54, 1.807) is 0 Å². The van der Waals surface area contributed by atoms with Crippen molar-refractivity contribution in [1.29, 1.82) is 0 Å². The molecule has 4 rings (SSSR count). The van der Waals surface area contributed by atoms with Crippen LogP contribution in [0.4, 0.5) is 5.69 Å². The number of anilines is 1. The Morgan fingerprint density at radius 2 is 1.54 bits per heavy atom. The zero-order chi connectivity index (χ0) is 20.1. The molecule has 0 unspecified atom stereocenters. The molecule has 28 heavy (non-hydrogen) atoms. The van der Waals surface area contributed by atoms with E-state index in [-0.39, 0.29) is 11.1 Å². The Labute approximate surface area is 168 Å². The Morgan fingerprint density at radius 1 is 0.893 bits per heavy atom. The van der Waals surface area contributed by atoms with Gasteiger partial charge < -0.3 is 4.90 Å². The summed E-state index contributed by atoms with van der Waals surface area (Å²) >= 11 is 0. The molecule has 0 spiro atoms. The Hall–Kier alpha value is -2.62. The summed E-state index contributed by atoms with van der Waals surface area (Å²) in [6, 6.07) is 17.3. The van der Waals surface area contributed by atoms with Gasteiger partial charge in [-0.05, 0) is 52.7 Å². The predicted octanol–water partition coefficient (Wildman–Crippen LogP) is 5.88. The SMILES string of the molecule is CCC(C)(C)n1nnc2c1-c1ccccc1CN(C(C)(C)C)c1ccccc1-2. The van der Waals surface area contributed by atoms with E-state index in [0.717, 1.165) is 29.9 Å². The second-order valence-corrected chi connectivity index (χ2v) is 9.30. The summed E-state index contributed by atoms with van der Waals surface area (Å²) in [4.78, 5) is 2.48. The van der Waals surface area contributed by atoms with E-state index in [1.807, 2.05) is 0 Å². The first-order valence-corrected chi connectivity index (χ1v) is 10.2. The monoisotopic (exact) mass is 374 g/mol. The lowest BCUT2D eigenvalue weighted by Crippen LogP contribution is -2.41. The highest BCUT2D eigenvalue weighted by Crippen LogP contribution is 2.44. The number of hydrogen-bond donors (Lipinski definition) is 0. The molecule has 0 fully saturated rings. The van der Waals surface area contributed by atoms with Gasteiger partial charge in [0, 0.05) is 28.9 Å². The molecule has 1 aromatic heterocycles. The molecule has 0 atom stereocenters. The molecule has 0 saturated heterocycles. The van der Waals surface area contributed by atoms with Gasteiger partial charge in [-0.1, -0.05) is 54.6 Å². The van der Waals surface area contributed by atoms with Crippen LogP contribution in [-0.4, -0.2) is 20.5 Å². The van der Waals surface area contributed by atoms with Crippen LogP contribution in [0.5, 0.6) is 0 Å². The Bertz CT molecular complexity index is 1010. The fourth-order valence-electron chi connectivity index (χ4n) is 3.93. The fourth-order valence-corrected chi connectivity index (χ4v) is 3.93. The number of aromatic nitrogens is 3. The van der Waals surface area contributed by atoms with Crippen LogP contribution in [0.2, 0.25) is 0 Å². The molecule has 0 amide bonds. The molecule has 1 aliphatic rings. The molecule has 3 aromatic rings. The van der Waals surface area contributed by atoms with Crippen molar-refractivity contribution in [3.8, 4) is 22.5 Å². The van der Waals surface area contributed by atoms with E-state index in [0.29, 0.717) is 0 Å². The summed E-state index contributed by atoms with van der Waals surface area (Å²) in [6.07, 6.45) is 0.987. The van der Waals surface area contributed by atoms with Crippen molar-refractivity contribution in [2.24, 2.45) is 0 Å². The molecule has 0 aliphatic carbocycles. The second kappa shape index (κ2) is 6.47. The summed E-state index contributed by atoms with van der Waals surface area (Å²) in [5.41, 5.74) is 6.89. The van der Waals surface area contributed by atoms with Crippen molar-refractivity contribution < 1.29 is 0 Å². The summed E-state index contributed by atoms with van der Waals surface area (Å²) < 4.78 is 2.13. The maximum atomic E-state index is 4.72. The molecule has 4 nitrogen and oxygen atoms in total. The zero-order valence-electron chi connectivity index (χ0n) is 17.8. The summed E-state index contributed by atoms with van der Waals surface area (Å²) in [5, 5.41) is 9.37. The lowest BCUT2D eigenvalue weighted by Gasteiger charge is -2.40. The van der Waals surface area contributed by atoms with Crippen LogP contribution in [0.25, 0.3) is 22.5 Å². The molecular formula is C24H30N4. The van der Waals surface area contributed by atoms with E-state index < -0.39 is 0 Å². The van der Waals surface area contributed by atoms with Crippen molar-refractivity contribution in [3.05, 3.63) is 54.1 Å². The second-order valence-electron chi connectivity index (χ2n) is 9.30. The summed E-state index contributed by atoms with van der Waals surface area (Å²) in [7, 11) is 0. The minimum Gasteiger partial charge on any atom is -0.362 e. The van der Waals surface area contributed by atoms with E-state index in [4.69, 9.17) is 5.10 Å². The molecule has 0 radical (unpaired) electrons. The molecule has 2 heterocycles. The smallest absolute Gasteiger partial charge is 0.123 e. The predicted molar refractivity (Wildman–Crippen MR) is 116 cm³/mol. The Morgan fingerprint density at radius 3 is 2.21 bits per heavy atom. The normalized spacial score (nSPS) is 14.0. The van der Waals surface area contributed by atoms with Gasteiger partial charge in [0.1, 0.15) is 5.69 Å². The van der Waals surface area contributed by atoms with Crippen molar-refractivity contribution in [2.45, 2.75) is 65.6 Å². The van der Waals surface area contributed by atoms with Gasteiger partial charge in [0.05, 0.1) is 11.2 Å². The summed E-state index contributed by atoms with van der Waals surface area (Å²) in [6.45, 7) is 14.3. The van der Waals surface area contributed by atoms with Gasteiger partial charge in [0.2, 0.25) is 0 Å². The van der Waals surface area contributed by atoms with Gasteiger partial charge in [0.15, 0.2) is 0 Å². The quantitative estimate of drug-likeness (QED) is 0.562. The minimum atomic E-state index is -0.106. The van der Waals surface area contributed by atoms with Crippen LogP contribution in [-0.2, 0) is 12.1 Å². The number of benzene rings is 2. The van der Waals surface area contributed by atoms with Crippen molar-refractivity contribution in [3.63, 3.8) is 0 Å². The molecule has 0 N–H and O–H groups in total. The van der Waals surface area contributed by atoms with Crippen LogP contribution >= 0.6 is 0 Å². The van der Waals surface area contributed by atoms with Gasteiger partial charge in [-0.15, -0.1) is 5.10 Å². The Balaban J connectivity index is 2.10. The van der Waals surface area contributed by atoms with Crippen molar-refractivity contribution >= 4 is 5.69 Å². The van der Waals surface area contributed by atoms with Gasteiger partial charge in [-0.2, -0.15) is 0 Å². The fraction of sp³-hybridized carbons (Fsp3) is 0.417. The average molecular weight is 375 g/mol.